The summed E-state index contributed by atoms with van der Waals surface area (Å²) in [4.78, 5) is 0. The lowest BCUT2D eigenvalue weighted by Gasteiger charge is -2.04. The monoisotopic (exact) mass is 233 g/mol. The highest BCUT2D eigenvalue weighted by Crippen LogP contribution is 2.03. The lowest BCUT2D eigenvalue weighted by atomic mass is 10.3. The van der Waals surface area contributed by atoms with Gasteiger partial charge in [0.25, 0.3) is 0 Å². The second-order valence-electron chi connectivity index (χ2n) is 3.82. The maximum absolute atomic E-state index is 11.4. The summed E-state index contributed by atoms with van der Waals surface area (Å²) in [7, 11) is -2.86. The molecular weight excluding hydrogens is 210 g/mol. The number of allylic oxidation sites excluding steroid dienone is 1. The van der Waals surface area contributed by atoms with Gasteiger partial charge in [-0.3, -0.25) is 0 Å². The zero-order valence-corrected chi connectivity index (χ0v) is 10.8. The molecule has 0 aliphatic carbocycles. The van der Waals surface area contributed by atoms with Gasteiger partial charge in [-0.05, 0) is 39.8 Å². The summed E-state index contributed by atoms with van der Waals surface area (Å²) in [6, 6.07) is 0. The van der Waals surface area contributed by atoms with Crippen LogP contribution in [0.15, 0.2) is 12.2 Å². The highest BCUT2D eigenvalue weighted by atomic mass is 32.2. The first-order valence-corrected chi connectivity index (χ1v) is 7.29. The van der Waals surface area contributed by atoms with Crippen molar-refractivity contribution in [3.63, 3.8) is 0 Å². The van der Waals surface area contributed by atoms with E-state index < -0.39 is 9.84 Å². The van der Waals surface area contributed by atoms with Gasteiger partial charge in [-0.1, -0.05) is 19.1 Å². The summed E-state index contributed by atoms with van der Waals surface area (Å²) in [6.45, 7) is 7.47. The Balaban J connectivity index is 3.62. The van der Waals surface area contributed by atoms with Crippen molar-refractivity contribution in [3.8, 4) is 0 Å². The van der Waals surface area contributed by atoms with Crippen molar-refractivity contribution in [2.45, 2.75) is 38.9 Å². The van der Waals surface area contributed by atoms with E-state index in [0.29, 0.717) is 6.42 Å². The fourth-order valence-electron chi connectivity index (χ4n) is 1.07. The maximum Gasteiger partial charge on any atom is 0.152 e. The topological polar surface area (TPSA) is 46.2 Å². The van der Waals surface area contributed by atoms with Crippen molar-refractivity contribution in [3.05, 3.63) is 12.2 Å². The van der Waals surface area contributed by atoms with Gasteiger partial charge >= 0.3 is 0 Å². The second-order valence-corrected chi connectivity index (χ2v) is 6.49. The Bertz CT molecular complexity index is 268. The predicted octanol–water partition coefficient (Wildman–Crippen LogP) is 1.76. The van der Waals surface area contributed by atoms with E-state index in [-0.39, 0.29) is 11.0 Å². The first kappa shape index (κ1) is 14.6. The van der Waals surface area contributed by atoms with Crippen LogP contribution in [0.2, 0.25) is 0 Å². The Morgan fingerprint density at radius 2 is 1.80 bits per heavy atom. The molecule has 0 saturated heterocycles. The Hall–Kier alpha value is -0.350. The van der Waals surface area contributed by atoms with Crippen LogP contribution in [0.4, 0.5) is 0 Å². The molecule has 0 aromatic carbocycles. The SMILES string of the molecule is CCNCC/C=C/CCS(=O)(=O)C(C)C. The van der Waals surface area contributed by atoms with Crippen LogP contribution < -0.4 is 5.32 Å². The normalized spacial score (nSPS) is 12.8. The van der Waals surface area contributed by atoms with Crippen LogP contribution in [0.5, 0.6) is 0 Å². The summed E-state index contributed by atoms with van der Waals surface area (Å²) in [6.07, 6.45) is 5.60. The third-order valence-electron chi connectivity index (χ3n) is 2.19. The summed E-state index contributed by atoms with van der Waals surface area (Å²) < 4.78 is 22.8. The smallest absolute Gasteiger partial charge is 0.152 e. The average Bonchev–Trinajstić information content (AvgIpc) is 2.16. The van der Waals surface area contributed by atoms with Crippen LogP contribution in [0.25, 0.3) is 0 Å². The minimum absolute atomic E-state index is 0.257. The first-order valence-electron chi connectivity index (χ1n) is 5.58. The van der Waals surface area contributed by atoms with E-state index in [1.165, 1.54) is 0 Å². The van der Waals surface area contributed by atoms with Gasteiger partial charge in [-0.2, -0.15) is 0 Å². The molecule has 3 nitrogen and oxygen atoms in total. The Morgan fingerprint density at radius 1 is 1.20 bits per heavy atom. The lowest BCUT2D eigenvalue weighted by molar-refractivity contribution is 0.587. The van der Waals surface area contributed by atoms with Crippen molar-refractivity contribution in [1.29, 1.82) is 0 Å². The molecule has 0 saturated carbocycles. The Labute approximate surface area is 93.9 Å². The molecule has 0 aromatic heterocycles. The zero-order valence-electron chi connectivity index (χ0n) is 9.99. The van der Waals surface area contributed by atoms with Crippen molar-refractivity contribution in [2.75, 3.05) is 18.8 Å². The van der Waals surface area contributed by atoms with Crippen LogP contribution in [-0.4, -0.2) is 32.5 Å². The van der Waals surface area contributed by atoms with E-state index in [1.807, 2.05) is 12.2 Å². The fraction of sp³-hybridized carbons (Fsp3) is 0.818. The highest BCUT2D eigenvalue weighted by molar-refractivity contribution is 7.91. The van der Waals surface area contributed by atoms with Crippen molar-refractivity contribution in [1.82, 2.24) is 5.32 Å². The molecule has 4 heteroatoms. The highest BCUT2D eigenvalue weighted by Gasteiger charge is 2.13. The van der Waals surface area contributed by atoms with Gasteiger partial charge in [0, 0.05) is 0 Å². The predicted molar refractivity (Wildman–Crippen MR) is 65.8 cm³/mol. The molecule has 0 spiro atoms. The first-order chi connectivity index (χ1) is 7.00. The zero-order chi connectivity index (χ0) is 11.7. The third kappa shape index (κ3) is 7.56. The van der Waals surface area contributed by atoms with Crippen LogP contribution >= 0.6 is 0 Å². The lowest BCUT2D eigenvalue weighted by Crippen LogP contribution is -2.17. The van der Waals surface area contributed by atoms with Crippen LogP contribution in [-0.2, 0) is 9.84 Å². The van der Waals surface area contributed by atoms with Gasteiger partial charge in [0.15, 0.2) is 9.84 Å². The van der Waals surface area contributed by atoms with E-state index in [0.717, 1.165) is 19.5 Å². The molecule has 0 unspecified atom stereocenters. The van der Waals surface area contributed by atoms with Gasteiger partial charge in [0.05, 0.1) is 11.0 Å². The molecule has 0 radical (unpaired) electrons. The molecule has 0 aliphatic rings. The number of nitrogens with one attached hydrogen (secondary N) is 1. The van der Waals surface area contributed by atoms with Gasteiger partial charge in [-0.15, -0.1) is 0 Å². The molecule has 0 rings (SSSR count). The fourth-order valence-corrected chi connectivity index (χ4v) is 2.00. The average molecular weight is 233 g/mol. The Morgan fingerprint density at radius 3 is 2.33 bits per heavy atom. The molecule has 0 heterocycles. The molecule has 1 N–H and O–H groups in total. The molecule has 0 amide bonds. The maximum atomic E-state index is 11.4. The molecule has 0 bridgehead atoms. The van der Waals surface area contributed by atoms with Crippen molar-refractivity contribution >= 4 is 9.84 Å². The largest absolute Gasteiger partial charge is 0.317 e. The van der Waals surface area contributed by atoms with Crippen LogP contribution in [0, 0.1) is 0 Å². The quantitative estimate of drug-likeness (QED) is 0.513. The molecular formula is C11H23NO2S. The summed E-state index contributed by atoms with van der Waals surface area (Å²) in [5.41, 5.74) is 0. The van der Waals surface area contributed by atoms with E-state index in [4.69, 9.17) is 0 Å². The molecule has 0 aromatic rings. The minimum atomic E-state index is -2.86. The molecule has 15 heavy (non-hydrogen) atoms. The van der Waals surface area contributed by atoms with Gasteiger partial charge in [0.1, 0.15) is 0 Å². The molecule has 0 atom stereocenters. The molecule has 0 fully saturated rings. The van der Waals surface area contributed by atoms with Crippen molar-refractivity contribution in [2.24, 2.45) is 0 Å². The van der Waals surface area contributed by atoms with E-state index in [2.05, 4.69) is 12.2 Å². The van der Waals surface area contributed by atoms with Crippen molar-refractivity contribution < 1.29 is 8.42 Å². The van der Waals surface area contributed by atoms with Crippen LogP contribution in [0.1, 0.15) is 33.6 Å². The number of rotatable bonds is 8. The molecule has 90 valence electrons. The minimum Gasteiger partial charge on any atom is -0.317 e. The summed E-state index contributed by atoms with van der Waals surface area (Å²) >= 11 is 0. The van der Waals surface area contributed by atoms with E-state index >= 15 is 0 Å². The number of hydrogen-bond acceptors (Lipinski definition) is 3. The number of sulfone groups is 1. The standard InChI is InChI=1S/C11H23NO2S/c1-4-12-9-7-5-6-8-10-15(13,14)11(2)3/h5-6,11-12H,4,7-10H2,1-3H3/b6-5+. The van der Waals surface area contributed by atoms with Gasteiger partial charge in [0.2, 0.25) is 0 Å². The summed E-state index contributed by atoms with van der Waals surface area (Å²) in [5.74, 6) is 0.266. The molecule has 0 aliphatic heterocycles. The van der Waals surface area contributed by atoms with E-state index in [1.54, 1.807) is 13.8 Å². The van der Waals surface area contributed by atoms with Gasteiger partial charge < -0.3 is 5.32 Å². The number of hydrogen-bond donors (Lipinski definition) is 1. The van der Waals surface area contributed by atoms with E-state index in [9.17, 15) is 8.42 Å². The van der Waals surface area contributed by atoms with Crippen LogP contribution in [0.3, 0.4) is 0 Å². The second kappa shape index (κ2) is 7.88. The summed E-state index contributed by atoms with van der Waals surface area (Å²) in [5, 5.41) is 2.95. The van der Waals surface area contributed by atoms with Gasteiger partial charge in [-0.25, -0.2) is 8.42 Å². The third-order valence-corrected chi connectivity index (χ3v) is 4.43. The Kier molecular flexibility index (Phi) is 7.70.